The molecule has 0 radical (unpaired) electrons. The zero-order chi connectivity index (χ0) is 11.4. The van der Waals surface area contributed by atoms with Crippen LogP contribution < -0.4 is 5.32 Å². The van der Waals surface area contributed by atoms with Crippen LogP contribution in [0.2, 0.25) is 14.4 Å². The second-order valence-electron chi connectivity index (χ2n) is 2.94. The predicted octanol–water partition coefficient (Wildman–Crippen LogP) is 4.24. The molecule has 1 aromatic rings. The van der Waals surface area contributed by atoms with E-state index in [0.29, 0.717) is 15.8 Å². The molecule has 0 aromatic carbocycles. The Bertz CT molecular complexity index is 364. The van der Waals surface area contributed by atoms with Crippen LogP contribution in [0.15, 0.2) is 0 Å². The molecule has 0 atom stereocenters. The first-order chi connectivity index (χ1) is 7.07. The van der Waals surface area contributed by atoms with Gasteiger partial charge in [-0.25, -0.2) is 0 Å². The molecule has 1 rings (SSSR count). The first-order valence-corrected chi connectivity index (χ1v) is 6.44. The van der Waals surface area contributed by atoms with Crippen LogP contribution in [0.3, 0.4) is 0 Å². The minimum atomic E-state index is -0.216. The summed E-state index contributed by atoms with van der Waals surface area (Å²) >= 11 is 18.5. The molecular weight excluding hydrogens is 277 g/mol. The minimum absolute atomic E-state index is 0.216. The Labute approximate surface area is 108 Å². The Morgan fingerprint density at radius 3 is 2.47 bits per heavy atom. The monoisotopic (exact) mass is 285 g/mol. The van der Waals surface area contributed by atoms with Crippen LogP contribution in [0.5, 0.6) is 0 Å². The second-order valence-corrected chi connectivity index (χ2v) is 5.32. The SMILES string of the molecule is CCCCNC(=O)c1sc(Cl)c(Cl)c1Cl. The fourth-order valence-electron chi connectivity index (χ4n) is 0.970. The highest BCUT2D eigenvalue weighted by Crippen LogP contribution is 2.40. The van der Waals surface area contributed by atoms with Crippen molar-refractivity contribution in [2.24, 2.45) is 0 Å². The Morgan fingerprint density at radius 2 is 2.00 bits per heavy atom. The van der Waals surface area contributed by atoms with Gasteiger partial charge in [0.05, 0.1) is 10.0 Å². The first kappa shape index (κ1) is 13.1. The maximum Gasteiger partial charge on any atom is 0.262 e. The van der Waals surface area contributed by atoms with Crippen LogP contribution in [0.25, 0.3) is 0 Å². The normalized spacial score (nSPS) is 10.4. The van der Waals surface area contributed by atoms with Crippen molar-refractivity contribution in [2.75, 3.05) is 6.54 Å². The Hall–Kier alpha value is 0.0400. The van der Waals surface area contributed by atoms with Crippen molar-refractivity contribution in [2.45, 2.75) is 19.8 Å². The maximum absolute atomic E-state index is 11.6. The fraction of sp³-hybridized carbons (Fsp3) is 0.444. The van der Waals surface area contributed by atoms with Crippen molar-refractivity contribution < 1.29 is 4.79 Å². The van der Waals surface area contributed by atoms with Crippen LogP contribution in [0, 0.1) is 0 Å². The van der Waals surface area contributed by atoms with Crippen LogP contribution in [-0.2, 0) is 0 Å². The third-order valence-electron chi connectivity index (χ3n) is 1.78. The van der Waals surface area contributed by atoms with Gasteiger partial charge in [0.1, 0.15) is 9.21 Å². The average molecular weight is 287 g/mol. The molecular formula is C9H10Cl3NOS. The molecule has 0 saturated heterocycles. The molecule has 6 heteroatoms. The van der Waals surface area contributed by atoms with Gasteiger partial charge >= 0.3 is 0 Å². The fourth-order valence-corrected chi connectivity index (χ4v) is 2.69. The van der Waals surface area contributed by atoms with E-state index in [1.807, 2.05) is 0 Å². The highest BCUT2D eigenvalue weighted by atomic mass is 35.5. The molecule has 2 nitrogen and oxygen atoms in total. The Balaban J connectivity index is 2.70. The summed E-state index contributed by atoms with van der Waals surface area (Å²) in [6.07, 6.45) is 1.97. The highest BCUT2D eigenvalue weighted by molar-refractivity contribution is 7.19. The molecule has 0 fully saturated rings. The summed E-state index contributed by atoms with van der Waals surface area (Å²) in [6, 6.07) is 0. The number of rotatable bonds is 4. The van der Waals surface area contributed by atoms with Gasteiger partial charge in [0.2, 0.25) is 0 Å². The van der Waals surface area contributed by atoms with E-state index < -0.39 is 0 Å². The van der Waals surface area contributed by atoms with E-state index in [-0.39, 0.29) is 16.0 Å². The number of hydrogen-bond donors (Lipinski definition) is 1. The molecule has 0 aliphatic rings. The third kappa shape index (κ3) is 3.25. The lowest BCUT2D eigenvalue weighted by molar-refractivity contribution is 0.0957. The van der Waals surface area contributed by atoms with E-state index in [1.54, 1.807) is 0 Å². The number of carbonyl (C=O) groups is 1. The Morgan fingerprint density at radius 1 is 1.33 bits per heavy atom. The number of unbranched alkanes of at least 4 members (excludes halogenated alkanes) is 1. The van der Waals surface area contributed by atoms with Gasteiger partial charge in [-0.15, -0.1) is 11.3 Å². The summed E-state index contributed by atoms with van der Waals surface area (Å²) in [5.74, 6) is -0.216. The smallest absolute Gasteiger partial charge is 0.262 e. The van der Waals surface area contributed by atoms with Gasteiger partial charge in [0.25, 0.3) is 5.91 Å². The molecule has 1 aromatic heterocycles. The summed E-state index contributed by atoms with van der Waals surface area (Å²) in [5.41, 5.74) is 0. The largest absolute Gasteiger partial charge is 0.351 e. The zero-order valence-corrected chi connectivity index (χ0v) is 11.2. The maximum atomic E-state index is 11.6. The molecule has 0 aliphatic carbocycles. The average Bonchev–Trinajstić information content (AvgIpc) is 2.46. The number of carbonyl (C=O) groups excluding carboxylic acids is 1. The Kier molecular flexibility index (Phi) is 5.19. The third-order valence-corrected chi connectivity index (χ3v) is 4.35. The van der Waals surface area contributed by atoms with Gasteiger partial charge in [-0.05, 0) is 6.42 Å². The van der Waals surface area contributed by atoms with Crippen LogP contribution in [0.1, 0.15) is 29.4 Å². The summed E-state index contributed by atoms with van der Waals surface area (Å²) in [7, 11) is 0. The van der Waals surface area contributed by atoms with Gasteiger partial charge < -0.3 is 5.32 Å². The zero-order valence-electron chi connectivity index (χ0n) is 8.07. The molecule has 1 heterocycles. The van der Waals surface area contributed by atoms with Crippen molar-refractivity contribution in [1.82, 2.24) is 5.32 Å². The van der Waals surface area contributed by atoms with E-state index >= 15 is 0 Å². The predicted molar refractivity (Wildman–Crippen MR) is 66.6 cm³/mol. The van der Waals surface area contributed by atoms with Crippen LogP contribution in [0.4, 0.5) is 0 Å². The van der Waals surface area contributed by atoms with Crippen molar-refractivity contribution in [3.8, 4) is 0 Å². The first-order valence-electron chi connectivity index (χ1n) is 4.49. The molecule has 0 aliphatic heterocycles. The van der Waals surface area contributed by atoms with E-state index in [2.05, 4.69) is 12.2 Å². The quantitative estimate of drug-likeness (QED) is 0.824. The van der Waals surface area contributed by atoms with Crippen molar-refractivity contribution in [3.63, 3.8) is 0 Å². The molecule has 0 spiro atoms. The van der Waals surface area contributed by atoms with Gasteiger partial charge in [0.15, 0.2) is 0 Å². The van der Waals surface area contributed by atoms with Crippen molar-refractivity contribution >= 4 is 52.0 Å². The van der Waals surface area contributed by atoms with Gasteiger partial charge in [-0.2, -0.15) is 0 Å². The summed E-state index contributed by atoms with van der Waals surface area (Å²) in [6.45, 7) is 2.69. The molecule has 15 heavy (non-hydrogen) atoms. The van der Waals surface area contributed by atoms with Gasteiger partial charge in [-0.1, -0.05) is 48.1 Å². The number of nitrogens with one attached hydrogen (secondary N) is 1. The van der Waals surface area contributed by atoms with Crippen molar-refractivity contribution in [3.05, 3.63) is 19.3 Å². The van der Waals surface area contributed by atoms with Gasteiger partial charge in [-0.3, -0.25) is 4.79 Å². The standard InChI is InChI=1S/C9H10Cl3NOS/c1-2-3-4-13-9(14)7-5(10)6(11)8(12)15-7/h2-4H2,1H3,(H,13,14). The lowest BCUT2D eigenvalue weighted by atomic mass is 10.3. The molecule has 1 N–H and O–H groups in total. The molecule has 84 valence electrons. The summed E-state index contributed by atoms with van der Waals surface area (Å²) < 4.78 is 0.349. The molecule has 0 bridgehead atoms. The van der Waals surface area contributed by atoms with Crippen LogP contribution >= 0.6 is 46.1 Å². The van der Waals surface area contributed by atoms with Crippen molar-refractivity contribution in [1.29, 1.82) is 0 Å². The summed E-state index contributed by atoms with van der Waals surface area (Å²) in [5, 5.41) is 3.24. The molecule has 1 amide bonds. The lowest BCUT2D eigenvalue weighted by Gasteiger charge is -2.01. The van der Waals surface area contributed by atoms with Crippen LogP contribution in [-0.4, -0.2) is 12.5 Å². The highest BCUT2D eigenvalue weighted by Gasteiger charge is 2.19. The van der Waals surface area contributed by atoms with E-state index in [9.17, 15) is 4.79 Å². The number of amides is 1. The number of thiophene rings is 1. The van der Waals surface area contributed by atoms with Gasteiger partial charge in [0, 0.05) is 6.54 Å². The number of hydrogen-bond acceptors (Lipinski definition) is 2. The molecule has 0 saturated carbocycles. The second kappa shape index (κ2) is 5.94. The number of halogens is 3. The minimum Gasteiger partial charge on any atom is -0.351 e. The van der Waals surface area contributed by atoms with E-state index in [4.69, 9.17) is 34.8 Å². The van der Waals surface area contributed by atoms with E-state index in [1.165, 1.54) is 0 Å². The van der Waals surface area contributed by atoms with E-state index in [0.717, 1.165) is 24.2 Å². The molecule has 0 unspecified atom stereocenters. The summed E-state index contributed by atoms with van der Waals surface area (Å²) in [4.78, 5) is 12.0. The lowest BCUT2D eigenvalue weighted by Crippen LogP contribution is -2.23. The topological polar surface area (TPSA) is 29.1 Å².